The molecule has 1 aromatic carbocycles. The van der Waals surface area contributed by atoms with Crippen molar-refractivity contribution in [2.24, 2.45) is 4.99 Å². The van der Waals surface area contributed by atoms with Gasteiger partial charge < -0.3 is 20.3 Å². The lowest BCUT2D eigenvalue weighted by Gasteiger charge is -2.40. The molecule has 0 bridgehead atoms. The zero-order valence-electron chi connectivity index (χ0n) is 18.7. The maximum Gasteiger partial charge on any atom is 0.410 e. The van der Waals surface area contributed by atoms with Gasteiger partial charge in [0, 0.05) is 37.9 Å². The number of amides is 1. The minimum Gasteiger partial charge on any atom is -0.444 e. The number of aliphatic imine (C=N–C) groups is 1. The van der Waals surface area contributed by atoms with Gasteiger partial charge in [-0.2, -0.15) is 5.10 Å². The van der Waals surface area contributed by atoms with Gasteiger partial charge in [0.05, 0.1) is 17.4 Å². The van der Waals surface area contributed by atoms with E-state index in [-0.39, 0.29) is 12.1 Å². The fourth-order valence-corrected chi connectivity index (χ4v) is 3.36. The summed E-state index contributed by atoms with van der Waals surface area (Å²) in [5, 5.41) is 11.4. The molecule has 1 aliphatic heterocycles. The third kappa shape index (κ3) is 5.11. The lowest BCUT2D eigenvalue weighted by Crippen LogP contribution is -2.63. The first kappa shape index (κ1) is 21.7. The fourth-order valence-electron chi connectivity index (χ4n) is 3.36. The van der Waals surface area contributed by atoms with Crippen LogP contribution in [-0.2, 0) is 11.3 Å². The molecule has 1 amide bonds. The van der Waals surface area contributed by atoms with E-state index in [1.807, 2.05) is 62.7 Å². The molecule has 1 fully saturated rings. The lowest BCUT2D eigenvalue weighted by atomic mass is 10.1. The first-order valence-corrected chi connectivity index (χ1v) is 10.2. The van der Waals surface area contributed by atoms with Crippen LogP contribution in [0.5, 0.6) is 0 Å². The maximum absolute atomic E-state index is 12.1. The Morgan fingerprint density at radius 1 is 1.23 bits per heavy atom. The van der Waals surface area contributed by atoms with Gasteiger partial charge in [0.25, 0.3) is 0 Å². The van der Waals surface area contributed by atoms with Gasteiger partial charge in [0.2, 0.25) is 0 Å². The van der Waals surface area contributed by atoms with Crippen molar-refractivity contribution < 1.29 is 9.53 Å². The number of carbonyl (C=O) groups excluding carboxylic acids is 1. The second-order valence-corrected chi connectivity index (χ2v) is 8.55. The fraction of sp³-hybridized carbons (Fsp3) is 0.500. The molecule has 2 aromatic rings. The largest absolute Gasteiger partial charge is 0.444 e. The number of nitrogens with zero attached hydrogens (tertiary/aromatic N) is 4. The van der Waals surface area contributed by atoms with Gasteiger partial charge in [-0.3, -0.25) is 4.99 Å². The number of ether oxygens (including phenoxy) is 1. The zero-order chi connectivity index (χ0) is 21.9. The van der Waals surface area contributed by atoms with Gasteiger partial charge in [-0.05, 0) is 46.8 Å². The summed E-state index contributed by atoms with van der Waals surface area (Å²) in [7, 11) is 1.74. The Labute approximate surface area is 178 Å². The molecular formula is C22H32N6O2. The third-order valence-corrected chi connectivity index (χ3v) is 4.97. The molecule has 162 valence electrons. The molecular weight excluding hydrogens is 380 g/mol. The molecule has 0 saturated carbocycles. The summed E-state index contributed by atoms with van der Waals surface area (Å²) in [6.07, 6.45) is -0.275. The zero-order valence-corrected chi connectivity index (χ0v) is 18.7. The second-order valence-electron chi connectivity index (χ2n) is 8.55. The number of hydrogen-bond acceptors (Lipinski definition) is 4. The monoisotopic (exact) mass is 412 g/mol. The lowest BCUT2D eigenvalue weighted by molar-refractivity contribution is 0.00701. The van der Waals surface area contributed by atoms with Crippen molar-refractivity contribution in [1.82, 2.24) is 25.3 Å². The van der Waals surface area contributed by atoms with Crippen LogP contribution in [-0.4, -0.2) is 58.5 Å². The first-order valence-electron chi connectivity index (χ1n) is 10.2. The summed E-state index contributed by atoms with van der Waals surface area (Å²) in [4.78, 5) is 18.1. The van der Waals surface area contributed by atoms with Crippen LogP contribution in [0.2, 0.25) is 0 Å². The Hall–Kier alpha value is -3.03. The molecule has 30 heavy (non-hydrogen) atoms. The van der Waals surface area contributed by atoms with E-state index in [0.717, 1.165) is 22.6 Å². The predicted molar refractivity (Wildman–Crippen MR) is 118 cm³/mol. The Morgan fingerprint density at radius 3 is 2.50 bits per heavy atom. The van der Waals surface area contributed by atoms with E-state index >= 15 is 0 Å². The van der Waals surface area contributed by atoms with Gasteiger partial charge in [0.15, 0.2) is 5.96 Å². The number of likely N-dealkylation sites (tertiary alicyclic amines) is 1. The van der Waals surface area contributed by atoms with Crippen LogP contribution in [0.4, 0.5) is 4.79 Å². The van der Waals surface area contributed by atoms with Crippen molar-refractivity contribution >= 4 is 12.1 Å². The molecule has 2 heterocycles. The summed E-state index contributed by atoms with van der Waals surface area (Å²) in [6, 6.07) is 10.3. The molecule has 8 nitrogen and oxygen atoms in total. The van der Waals surface area contributed by atoms with E-state index in [4.69, 9.17) is 4.74 Å². The number of aromatic nitrogens is 2. The van der Waals surface area contributed by atoms with E-state index in [1.54, 1.807) is 11.9 Å². The quantitative estimate of drug-likeness (QED) is 0.596. The second kappa shape index (κ2) is 8.77. The molecule has 1 saturated heterocycles. The SMILES string of the molecule is CN=C(NCc1c(C)nn(-c2ccccc2)c1C)NC1CN(C(=O)OC(C)(C)C)C1. The van der Waals surface area contributed by atoms with Crippen LogP contribution in [0.25, 0.3) is 5.69 Å². The average molecular weight is 413 g/mol. The Bertz CT molecular complexity index is 908. The number of para-hydroxylation sites is 1. The number of aryl methyl sites for hydroxylation is 1. The van der Waals surface area contributed by atoms with Crippen molar-refractivity contribution in [1.29, 1.82) is 0 Å². The van der Waals surface area contributed by atoms with E-state index in [2.05, 4.69) is 27.6 Å². The van der Waals surface area contributed by atoms with Gasteiger partial charge >= 0.3 is 6.09 Å². The first-order chi connectivity index (χ1) is 14.2. The smallest absolute Gasteiger partial charge is 0.410 e. The molecule has 0 unspecified atom stereocenters. The molecule has 0 aliphatic carbocycles. The Kier molecular flexibility index (Phi) is 6.34. The predicted octanol–water partition coefficient (Wildman–Crippen LogP) is 2.77. The van der Waals surface area contributed by atoms with E-state index in [0.29, 0.717) is 25.6 Å². The Balaban J connectivity index is 1.54. The third-order valence-electron chi connectivity index (χ3n) is 4.97. The van der Waals surface area contributed by atoms with Crippen LogP contribution >= 0.6 is 0 Å². The molecule has 1 aromatic heterocycles. The van der Waals surface area contributed by atoms with Crippen molar-refractivity contribution in [3.05, 3.63) is 47.3 Å². The van der Waals surface area contributed by atoms with Gasteiger partial charge in [-0.25, -0.2) is 9.48 Å². The minimum atomic E-state index is -0.479. The van der Waals surface area contributed by atoms with Crippen molar-refractivity contribution in [2.45, 2.75) is 52.8 Å². The van der Waals surface area contributed by atoms with Crippen molar-refractivity contribution in [3.8, 4) is 5.69 Å². The van der Waals surface area contributed by atoms with Gasteiger partial charge in [-0.1, -0.05) is 18.2 Å². The molecule has 2 N–H and O–H groups in total. The summed E-state index contributed by atoms with van der Waals surface area (Å²) >= 11 is 0. The summed E-state index contributed by atoms with van der Waals surface area (Å²) in [5.74, 6) is 0.704. The molecule has 0 radical (unpaired) electrons. The highest BCUT2D eigenvalue weighted by Crippen LogP contribution is 2.18. The number of nitrogens with one attached hydrogen (secondary N) is 2. The van der Waals surface area contributed by atoms with Crippen LogP contribution in [0.3, 0.4) is 0 Å². The van der Waals surface area contributed by atoms with Crippen molar-refractivity contribution in [2.75, 3.05) is 20.1 Å². The van der Waals surface area contributed by atoms with E-state index in [9.17, 15) is 4.79 Å². The molecule has 3 rings (SSSR count). The standard InChI is InChI=1S/C22H32N6O2/c1-15-19(16(2)28(26-15)18-10-8-7-9-11-18)12-24-20(23-6)25-17-13-27(14-17)21(29)30-22(3,4)5/h7-11,17H,12-14H2,1-6H3,(H2,23,24,25). The van der Waals surface area contributed by atoms with Crippen LogP contribution in [0.15, 0.2) is 35.3 Å². The topological polar surface area (TPSA) is 83.8 Å². The highest BCUT2D eigenvalue weighted by Gasteiger charge is 2.34. The highest BCUT2D eigenvalue weighted by molar-refractivity contribution is 5.80. The highest BCUT2D eigenvalue weighted by atomic mass is 16.6. The minimum absolute atomic E-state index is 0.151. The number of benzene rings is 1. The molecule has 0 atom stereocenters. The summed E-state index contributed by atoms with van der Waals surface area (Å²) < 4.78 is 7.36. The normalized spacial score (nSPS) is 15.0. The summed E-state index contributed by atoms with van der Waals surface area (Å²) in [5.41, 5.74) is 3.79. The van der Waals surface area contributed by atoms with Crippen LogP contribution in [0.1, 0.15) is 37.7 Å². The molecule has 8 heteroatoms. The maximum atomic E-state index is 12.1. The number of rotatable bonds is 4. The van der Waals surface area contributed by atoms with Gasteiger partial charge in [-0.15, -0.1) is 0 Å². The van der Waals surface area contributed by atoms with Gasteiger partial charge in [0.1, 0.15) is 5.60 Å². The van der Waals surface area contributed by atoms with Crippen molar-refractivity contribution in [3.63, 3.8) is 0 Å². The Morgan fingerprint density at radius 2 is 1.90 bits per heavy atom. The summed E-state index contributed by atoms with van der Waals surface area (Å²) in [6.45, 7) is 11.5. The number of guanidine groups is 1. The van der Waals surface area contributed by atoms with Crippen LogP contribution < -0.4 is 10.6 Å². The van der Waals surface area contributed by atoms with Crippen LogP contribution in [0, 0.1) is 13.8 Å². The number of carbonyl (C=O) groups is 1. The average Bonchev–Trinajstić information content (AvgIpc) is 2.93. The molecule has 0 spiro atoms. The van der Waals surface area contributed by atoms with E-state index in [1.165, 1.54) is 0 Å². The van der Waals surface area contributed by atoms with E-state index < -0.39 is 5.60 Å². The number of hydrogen-bond donors (Lipinski definition) is 2. The molecule has 1 aliphatic rings.